The van der Waals surface area contributed by atoms with Crippen LogP contribution in [0.15, 0.2) is 127 Å². The first-order valence-electron chi connectivity index (χ1n) is 13.3. The zero-order valence-electron chi connectivity index (χ0n) is 22.0. The molecule has 0 N–H and O–H groups in total. The minimum atomic E-state index is -0.150. The minimum Gasteiger partial charge on any atom is -0.208 e. The Balaban J connectivity index is 1.56. The summed E-state index contributed by atoms with van der Waals surface area (Å²) in [4.78, 5) is 15.1. The van der Waals surface area contributed by atoms with Crippen molar-refractivity contribution in [1.29, 1.82) is 0 Å². The van der Waals surface area contributed by atoms with Crippen LogP contribution >= 0.6 is 0 Å². The third-order valence-corrected chi connectivity index (χ3v) is 7.73. The lowest BCUT2D eigenvalue weighted by molar-refractivity contribution is 0.660. The number of aromatic nitrogens is 3. The molecule has 6 aromatic rings. The van der Waals surface area contributed by atoms with Crippen LogP contribution in [0.25, 0.3) is 56.4 Å². The fraction of sp³-hybridized carbons (Fsp3) is 0.0833. The topological polar surface area (TPSA) is 38.7 Å². The Labute approximate surface area is 228 Å². The third-order valence-electron chi connectivity index (χ3n) is 7.73. The lowest BCUT2D eigenvalue weighted by atomic mass is 9.81. The maximum Gasteiger partial charge on any atom is 0.164 e. The van der Waals surface area contributed by atoms with Crippen molar-refractivity contribution in [2.24, 2.45) is 0 Å². The van der Waals surface area contributed by atoms with Crippen molar-refractivity contribution < 1.29 is 0 Å². The van der Waals surface area contributed by atoms with Crippen molar-refractivity contribution in [3.8, 4) is 56.4 Å². The average Bonchev–Trinajstić information content (AvgIpc) is 3.24. The van der Waals surface area contributed by atoms with Crippen molar-refractivity contribution in [3.63, 3.8) is 0 Å². The van der Waals surface area contributed by atoms with Crippen LogP contribution in [0.1, 0.15) is 25.0 Å². The Kier molecular flexibility index (Phi) is 5.45. The van der Waals surface area contributed by atoms with Crippen molar-refractivity contribution in [3.05, 3.63) is 139 Å². The van der Waals surface area contributed by atoms with Gasteiger partial charge in [-0.1, -0.05) is 129 Å². The normalized spacial score (nSPS) is 13.1. The van der Waals surface area contributed by atoms with Gasteiger partial charge in [0.2, 0.25) is 0 Å². The Morgan fingerprint density at radius 3 is 1.49 bits per heavy atom. The number of hydrogen-bond donors (Lipinski definition) is 0. The van der Waals surface area contributed by atoms with E-state index in [2.05, 4.69) is 105 Å². The Morgan fingerprint density at radius 2 is 0.897 bits per heavy atom. The first-order valence-corrected chi connectivity index (χ1v) is 13.3. The van der Waals surface area contributed by atoms with E-state index in [-0.39, 0.29) is 5.41 Å². The molecule has 0 unspecified atom stereocenters. The summed E-state index contributed by atoms with van der Waals surface area (Å²) in [5.74, 6) is 2.02. The van der Waals surface area contributed by atoms with Gasteiger partial charge in [-0.05, 0) is 45.5 Å². The van der Waals surface area contributed by atoms with Gasteiger partial charge in [0.25, 0.3) is 0 Å². The molecule has 0 atom stereocenters. The van der Waals surface area contributed by atoms with Gasteiger partial charge in [0, 0.05) is 22.1 Å². The van der Waals surface area contributed by atoms with Gasteiger partial charge in [0.05, 0.1) is 0 Å². The molecule has 1 aliphatic rings. The Morgan fingerprint density at radius 1 is 0.410 bits per heavy atom. The van der Waals surface area contributed by atoms with Gasteiger partial charge in [0.1, 0.15) is 0 Å². The second-order valence-electron chi connectivity index (χ2n) is 10.5. The second-order valence-corrected chi connectivity index (χ2v) is 10.5. The van der Waals surface area contributed by atoms with Gasteiger partial charge >= 0.3 is 0 Å². The van der Waals surface area contributed by atoms with Crippen LogP contribution in [0.2, 0.25) is 0 Å². The van der Waals surface area contributed by atoms with Crippen LogP contribution < -0.4 is 0 Å². The van der Waals surface area contributed by atoms with E-state index in [0.717, 1.165) is 22.3 Å². The first-order chi connectivity index (χ1) is 19.1. The molecule has 0 fully saturated rings. The van der Waals surface area contributed by atoms with E-state index in [1.54, 1.807) is 0 Å². The van der Waals surface area contributed by atoms with E-state index < -0.39 is 0 Å². The fourth-order valence-corrected chi connectivity index (χ4v) is 5.72. The van der Waals surface area contributed by atoms with Crippen molar-refractivity contribution >= 4 is 0 Å². The van der Waals surface area contributed by atoms with Crippen molar-refractivity contribution in [2.75, 3.05) is 0 Å². The molecule has 5 aromatic carbocycles. The SMILES string of the molecule is CC1(C)c2ccccc2-c2c(-c3nc(-c4ccccc4)nc(-c4ccccc4)n3)cc(-c3ccccc3)cc21. The summed E-state index contributed by atoms with van der Waals surface area (Å²) in [6.07, 6.45) is 0. The van der Waals surface area contributed by atoms with E-state index in [1.807, 2.05) is 36.4 Å². The minimum absolute atomic E-state index is 0.150. The largest absolute Gasteiger partial charge is 0.208 e. The summed E-state index contributed by atoms with van der Waals surface area (Å²) in [5.41, 5.74) is 10.2. The van der Waals surface area contributed by atoms with Crippen molar-refractivity contribution in [1.82, 2.24) is 15.0 Å². The van der Waals surface area contributed by atoms with Gasteiger partial charge in [-0.2, -0.15) is 0 Å². The van der Waals surface area contributed by atoms with Gasteiger partial charge in [-0.25, -0.2) is 15.0 Å². The zero-order valence-corrected chi connectivity index (χ0v) is 22.0. The molecule has 0 radical (unpaired) electrons. The lowest BCUT2D eigenvalue weighted by Gasteiger charge is -2.22. The van der Waals surface area contributed by atoms with Crippen LogP contribution in [0.5, 0.6) is 0 Å². The molecule has 3 heteroatoms. The van der Waals surface area contributed by atoms with Crippen LogP contribution in [0.4, 0.5) is 0 Å². The van der Waals surface area contributed by atoms with Crippen LogP contribution in [0.3, 0.4) is 0 Å². The molecule has 1 aliphatic carbocycles. The zero-order chi connectivity index (χ0) is 26.4. The average molecular weight is 502 g/mol. The molecule has 1 aromatic heterocycles. The molecule has 39 heavy (non-hydrogen) atoms. The maximum atomic E-state index is 5.11. The molecule has 3 nitrogen and oxygen atoms in total. The highest BCUT2D eigenvalue weighted by Crippen LogP contribution is 2.53. The number of fused-ring (bicyclic) bond motifs is 3. The van der Waals surface area contributed by atoms with Gasteiger partial charge in [-0.3, -0.25) is 0 Å². The summed E-state index contributed by atoms with van der Waals surface area (Å²) in [6.45, 7) is 4.63. The maximum absolute atomic E-state index is 5.11. The monoisotopic (exact) mass is 501 g/mol. The number of nitrogens with zero attached hydrogens (tertiary/aromatic N) is 3. The van der Waals surface area contributed by atoms with E-state index >= 15 is 0 Å². The molecule has 0 saturated heterocycles. The summed E-state index contributed by atoms with van der Waals surface area (Å²) >= 11 is 0. The Bertz CT molecular complexity index is 1750. The van der Waals surface area contributed by atoms with E-state index in [9.17, 15) is 0 Å². The highest BCUT2D eigenvalue weighted by Gasteiger charge is 2.38. The molecular formula is C36H27N3. The molecule has 0 aliphatic heterocycles. The summed E-state index contributed by atoms with van der Waals surface area (Å²) in [6, 6.07) is 44.2. The molecule has 0 amide bonds. The van der Waals surface area contributed by atoms with Gasteiger partial charge in [0.15, 0.2) is 17.5 Å². The molecule has 0 saturated carbocycles. The van der Waals surface area contributed by atoms with E-state index in [1.165, 1.54) is 27.8 Å². The Hall–Kier alpha value is -4.89. The highest BCUT2D eigenvalue weighted by molar-refractivity contribution is 5.94. The van der Waals surface area contributed by atoms with Crippen LogP contribution in [-0.2, 0) is 5.41 Å². The number of rotatable bonds is 4. The molecule has 186 valence electrons. The smallest absolute Gasteiger partial charge is 0.164 e. The van der Waals surface area contributed by atoms with Gasteiger partial charge < -0.3 is 0 Å². The molecule has 1 heterocycles. The van der Waals surface area contributed by atoms with Crippen LogP contribution in [-0.4, -0.2) is 15.0 Å². The summed E-state index contributed by atoms with van der Waals surface area (Å²) in [5, 5.41) is 0. The fourth-order valence-electron chi connectivity index (χ4n) is 5.72. The summed E-state index contributed by atoms with van der Waals surface area (Å²) < 4.78 is 0. The molecule has 0 spiro atoms. The number of hydrogen-bond acceptors (Lipinski definition) is 3. The van der Waals surface area contributed by atoms with E-state index in [0.29, 0.717) is 17.5 Å². The third kappa shape index (κ3) is 3.95. The van der Waals surface area contributed by atoms with Gasteiger partial charge in [-0.15, -0.1) is 0 Å². The molecular weight excluding hydrogens is 474 g/mol. The lowest BCUT2D eigenvalue weighted by Crippen LogP contribution is -2.15. The molecule has 0 bridgehead atoms. The van der Waals surface area contributed by atoms with Crippen LogP contribution in [0, 0.1) is 0 Å². The molecule has 7 rings (SSSR count). The predicted octanol–water partition coefficient (Wildman–Crippen LogP) is 8.85. The number of benzene rings is 5. The highest BCUT2D eigenvalue weighted by atomic mass is 15.0. The predicted molar refractivity (Wildman–Crippen MR) is 159 cm³/mol. The summed E-state index contributed by atoms with van der Waals surface area (Å²) in [7, 11) is 0. The second kappa shape index (κ2) is 9.14. The quantitative estimate of drug-likeness (QED) is 0.242. The first kappa shape index (κ1) is 23.2. The van der Waals surface area contributed by atoms with E-state index in [4.69, 9.17) is 15.0 Å². The van der Waals surface area contributed by atoms with Crippen molar-refractivity contribution in [2.45, 2.75) is 19.3 Å². The standard InChI is InChI=1S/C36H27N3/c1-36(2)30-21-13-12-20-28(30)32-29(22-27(23-31(32)36)24-14-6-3-7-15-24)35-38-33(25-16-8-4-9-17-25)37-34(39-35)26-18-10-5-11-19-26/h3-23H,1-2H3.